The number of carboxylic acids is 1. The maximum Gasteiger partial charge on any atom is 0.490 e. The van der Waals surface area contributed by atoms with Crippen molar-refractivity contribution in [2.75, 3.05) is 27.3 Å². The Morgan fingerprint density at radius 2 is 1.79 bits per heavy atom. The number of hydrogen-bond acceptors (Lipinski definition) is 7. The molecule has 226 valence electrons. The Hall–Kier alpha value is -3.64. The van der Waals surface area contributed by atoms with Crippen LogP contribution in [0.4, 0.5) is 13.2 Å². The fourth-order valence-corrected chi connectivity index (χ4v) is 6.70. The zero-order valence-electron chi connectivity index (χ0n) is 23.1. The highest BCUT2D eigenvalue weighted by Gasteiger charge is 2.72. The lowest BCUT2D eigenvalue weighted by atomic mass is 9.75. The van der Waals surface area contributed by atoms with Crippen LogP contribution in [-0.4, -0.2) is 77.7 Å². The van der Waals surface area contributed by atoms with Crippen molar-refractivity contribution in [1.82, 2.24) is 9.80 Å². The molecule has 3 aliphatic rings. The number of methoxy groups -OCH3 is 2. The topological polar surface area (TPSA) is 113 Å². The van der Waals surface area contributed by atoms with Crippen LogP contribution in [0, 0.1) is 11.8 Å². The highest BCUT2D eigenvalue weighted by molar-refractivity contribution is 6.30. The number of benzene rings is 2. The third-order valence-corrected chi connectivity index (χ3v) is 8.39. The number of esters is 1. The molecule has 0 aromatic heterocycles. The van der Waals surface area contributed by atoms with Gasteiger partial charge in [0.25, 0.3) is 0 Å². The van der Waals surface area contributed by atoms with Gasteiger partial charge in [0.2, 0.25) is 11.8 Å². The van der Waals surface area contributed by atoms with Crippen LogP contribution < -0.4 is 4.74 Å². The van der Waals surface area contributed by atoms with Crippen LogP contribution >= 0.6 is 11.6 Å². The Morgan fingerprint density at radius 1 is 1.10 bits per heavy atom. The number of carboxylic acid groups (broad SMARTS) is 1. The van der Waals surface area contributed by atoms with Gasteiger partial charge in [-0.3, -0.25) is 24.2 Å². The fraction of sp³-hybridized carbons (Fsp3) is 0.448. The Kier molecular flexibility index (Phi) is 8.89. The number of hydrogen-bond donors (Lipinski definition) is 1. The molecule has 0 saturated carbocycles. The van der Waals surface area contributed by atoms with Gasteiger partial charge in [-0.15, -0.1) is 0 Å². The van der Waals surface area contributed by atoms with E-state index in [0.717, 1.165) is 29.5 Å². The zero-order valence-corrected chi connectivity index (χ0v) is 23.9. The Balaban J connectivity index is 0.000000517. The first kappa shape index (κ1) is 31.3. The number of imide groups is 1. The van der Waals surface area contributed by atoms with Crippen LogP contribution in [-0.2, 0) is 23.9 Å². The van der Waals surface area contributed by atoms with Gasteiger partial charge in [0.05, 0.1) is 26.1 Å². The first-order chi connectivity index (χ1) is 19.8. The van der Waals surface area contributed by atoms with E-state index in [1.165, 1.54) is 12.0 Å². The summed E-state index contributed by atoms with van der Waals surface area (Å²) in [7, 11) is 2.96. The minimum Gasteiger partial charge on any atom is -0.496 e. The minimum absolute atomic E-state index is 0.219. The van der Waals surface area contributed by atoms with E-state index in [1.807, 2.05) is 42.5 Å². The predicted octanol–water partition coefficient (Wildman–Crippen LogP) is 4.72. The third-order valence-electron chi connectivity index (χ3n) is 8.15. The first-order valence-corrected chi connectivity index (χ1v) is 13.7. The number of piperidine rings is 1. The van der Waals surface area contributed by atoms with Gasteiger partial charge in [-0.05, 0) is 62.1 Å². The molecule has 0 bridgehead atoms. The van der Waals surface area contributed by atoms with E-state index in [1.54, 1.807) is 14.0 Å². The van der Waals surface area contributed by atoms with Gasteiger partial charge in [0.15, 0.2) is 0 Å². The number of carbonyl (C=O) groups is 4. The van der Waals surface area contributed by atoms with Crippen LogP contribution in [0.25, 0.3) is 11.1 Å². The summed E-state index contributed by atoms with van der Waals surface area (Å²) in [6.07, 6.45) is -2.91. The number of nitrogens with zero attached hydrogens (tertiary/aromatic N) is 2. The summed E-state index contributed by atoms with van der Waals surface area (Å²) in [4.78, 5) is 52.7. The second kappa shape index (κ2) is 11.9. The quantitative estimate of drug-likeness (QED) is 0.382. The normalized spacial score (nSPS) is 25.3. The second-order valence-corrected chi connectivity index (χ2v) is 10.6. The van der Waals surface area contributed by atoms with Crippen molar-refractivity contribution in [2.45, 2.75) is 43.9 Å². The molecule has 2 aromatic rings. The number of aliphatic carboxylic acids is 1. The van der Waals surface area contributed by atoms with E-state index in [-0.39, 0.29) is 18.4 Å². The fourth-order valence-electron chi connectivity index (χ4n) is 6.51. The van der Waals surface area contributed by atoms with Crippen LogP contribution in [0.1, 0.15) is 37.8 Å². The van der Waals surface area contributed by atoms with E-state index in [9.17, 15) is 27.6 Å². The molecule has 5 rings (SSSR count). The lowest BCUT2D eigenvalue weighted by molar-refractivity contribution is -0.192. The zero-order chi connectivity index (χ0) is 31.0. The van der Waals surface area contributed by atoms with Gasteiger partial charge in [0.1, 0.15) is 11.3 Å². The summed E-state index contributed by atoms with van der Waals surface area (Å²) in [5, 5.41) is 7.75. The smallest absolute Gasteiger partial charge is 0.490 e. The molecule has 0 unspecified atom stereocenters. The van der Waals surface area contributed by atoms with E-state index in [4.69, 9.17) is 31.0 Å². The van der Waals surface area contributed by atoms with Crippen LogP contribution in [0.3, 0.4) is 0 Å². The van der Waals surface area contributed by atoms with E-state index in [2.05, 4.69) is 4.90 Å². The van der Waals surface area contributed by atoms with Gasteiger partial charge in [-0.1, -0.05) is 35.9 Å². The second-order valence-electron chi connectivity index (χ2n) is 10.2. The highest BCUT2D eigenvalue weighted by Crippen LogP contribution is 2.58. The summed E-state index contributed by atoms with van der Waals surface area (Å²) in [6.45, 7) is 2.68. The predicted molar refractivity (Wildman–Crippen MR) is 145 cm³/mol. The van der Waals surface area contributed by atoms with Crippen LogP contribution in [0.2, 0.25) is 5.02 Å². The molecule has 3 saturated heterocycles. The number of rotatable bonds is 5. The Bertz CT molecular complexity index is 1400. The SMILES string of the molecule is CCN1C(=O)[C@@H]2[C@@H](c3ccc(-c4cccc(Cl)c4)c(OC)c3)N3CCCC[C@@]3(C(=O)OC)[C@@H]2C1=O.O=C(O)C(F)(F)F. The van der Waals surface area contributed by atoms with E-state index < -0.39 is 41.5 Å². The summed E-state index contributed by atoms with van der Waals surface area (Å²) >= 11 is 6.21. The highest BCUT2D eigenvalue weighted by atomic mass is 35.5. The monoisotopic (exact) mass is 610 g/mol. The number of likely N-dealkylation sites (tertiary alicyclic amines) is 1. The molecule has 2 aromatic carbocycles. The summed E-state index contributed by atoms with van der Waals surface area (Å²) < 4.78 is 42.8. The van der Waals surface area contributed by atoms with Crippen molar-refractivity contribution in [1.29, 1.82) is 0 Å². The van der Waals surface area contributed by atoms with Gasteiger partial charge in [-0.2, -0.15) is 13.2 Å². The van der Waals surface area contributed by atoms with Crippen molar-refractivity contribution < 1.29 is 46.9 Å². The summed E-state index contributed by atoms with van der Waals surface area (Å²) in [5.74, 6) is -4.46. The molecule has 0 spiro atoms. The average Bonchev–Trinajstić information content (AvgIpc) is 3.41. The van der Waals surface area contributed by atoms with Gasteiger partial charge in [0, 0.05) is 23.2 Å². The summed E-state index contributed by atoms with van der Waals surface area (Å²) in [5.41, 5.74) is 1.48. The Labute approximate surface area is 245 Å². The number of carbonyl (C=O) groups excluding carboxylic acids is 3. The number of halogens is 4. The molecule has 2 amide bonds. The molecule has 3 aliphatic heterocycles. The maximum absolute atomic E-state index is 13.6. The molecule has 13 heteroatoms. The molecule has 1 N–H and O–H groups in total. The van der Waals surface area contributed by atoms with Crippen molar-refractivity contribution in [3.8, 4) is 16.9 Å². The van der Waals surface area contributed by atoms with Crippen molar-refractivity contribution in [3.05, 3.63) is 53.1 Å². The van der Waals surface area contributed by atoms with Crippen LogP contribution in [0.15, 0.2) is 42.5 Å². The molecule has 9 nitrogen and oxygen atoms in total. The number of amides is 2. The van der Waals surface area contributed by atoms with E-state index >= 15 is 0 Å². The minimum atomic E-state index is -5.08. The molecule has 42 heavy (non-hydrogen) atoms. The van der Waals surface area contributed by atoms with Crippen LogP contribution in [0.5, 0.6) is 5.75 Å². The third kappa shape index (κ3) is 5.22. The van der Waals surface area contributed by atoms with E-state index in [0.29, 0.717) is 23.7 Å². The lowest BCUT2D eigenvalue weighted by Crippen LogP contribution is -2.59. The number of alkyl halides is 3. The van der Waals surface area contributed by atoms with Gasteiger partial charge < -0.3 is 14.6 Å². The number of ether oxygens (including phenoxy) is 2. The Morgan fingerprint density at radius 3 is 2.36 bits per heavy atom. The molecule has 4 atom stereocenters. The number of fused-ring (bicyclic) bond motifs is 3. The largest absolute Gasteiger partial charge is 0.496 e. The molecule has 3 heterocycles. The first-order valence-electron chi connectivity index (χ1n) is 13.3. The molecule has 3 fully saturated rings. The molecule has 0 radical (unpaired) electrons. The van der Waals surface area contributed by atoms with Crippen molar-refractivity contribution in [3.63, 3.8) is 0 Å². The molecular weight excluding hydrogens is 581 g/mol. The lowest BCUT2D eigenvalue weighted by Gasteiger charge is -2.44. The van der Waals surface area contributed by atoms with Crippen molar-refractivity contribution in [2.24, 2.45) is 11.8 Å². The summed E-state index contributed by atoms with van der Waals surface area (Å²) in [6, 6.07) is 12.9. The average molecular weight is 611 g/mol. The van der Waals surface area contributed by atoms with Gasteiger partial charge >= 0.3 is 18.1 Å². The maximum atomic E-state index is 13.6. The molecule has 0 aliphatic carbocycles. The standard InChI is InChI=1S/C27H29ClN2O5.C2HF3O2/c1-4-29-24(31)21-22(25(29)32)27(26(33)35-3)12-5-6-13-30(27)23(21)17-10-11-19(20(15-17)34-2)16-8-7-9-18(28)14-16;3-2(4,5)1(6)7/h7-11,14-15,21-23H,4-6,12-13H2,1-3H3;(H,6,7)/t21-,22-,23+,27-;/m0./s1. The molecular formula is C29H30ClF3N2O7. The van der Waals surface area contributed by atoms with Gasteiger partial charge in [-0.25, -0.2) is 4.79 Å². The van der Waals surface area contributed by atoms with Crippen molar-refractivity contribution >= 4 is 35.4 Å².